The summed E-state index contributed by atoms with van der Waals surface area (Å²) in [6.07, 6.45) is 2.13. The zero-order valence-electron chi connectivity index (χ0n) is 9.76. The molecule has 0 aromatic carbocycles. The second-order valence-corrected chi connectivity index (χ2v) is 5.45. The lowest BCUT2D eigenvalue weighted by atomic mass is 10.2. The number of ether oxygens (including phenoxy) is 2. The summed E-state index contributed by atoms with van der Waals surface area (Å²) in [5.74, 6) is 0.654. The van der Waals surface area contributed by atoms with Crippen LogP contribution in [-0.2, 0) is 16.1 Å². The Labute approximate surface area is 114 Å². The SMILES string of the molecule is Clc1nc(COC2CCOCC2)nc2sccc12. The normalized spacial score (nSPS) is 17.4. The predicted molar refractivity (Wildman–Crippen MR) is 71.1 cm³/mol. The van der Waals surface area contributed by atoms with Crippen LogP contribution in [0.25, 0.3) is 10.2 Å². The van der Waals surface area contributed by atoms with Gasteiger partial charge in [0, 0.05) is 18.6 Å². The Morgan fingerprint density at radius 3 is 3.06 bits per heavy atom. The topological polar surface area (TPSA) is 44.2 Å². The third-order valence-electron chi connectivity index (χ3n) is 2.94. The minimum atomic E-state index is 0.250. The minimum absolute atomic E-state index is 0.250. The van der Waals surface area contributed by atoms with Gasteiger partial charge in [0.05, 0.1) is 6.10 Å². The quantitative estimate of drug-likeness (QED) is 0.813. The molecular weight excluding hydrogens is 272 g/mol. The highest BCUT2D eigenvalue weighted by atomic mass is 35.5. The molecule has 6 heteroatoms. The molecule has 2 aromatic heterocycles. The van der Waals surface area contributed by atoms with Gasteiger partial charge >= 0.3 is 0 Å². The van der Waals surface area contributed by atoms with Crippen LogP contribution in [0.5, 0.6) is 0 Å². The van der Waals surface area contributed by atoms with E-state index in [2.05, 4.69) is 9.97 Å². The third-order valence-corrected chi connectivity index (χ3v) is 4.04. The maximum atomic E-state index is 6.11. The molecule has 3 heterocycles. The van der Waals surface area contributed by atoms with Crippen molar-refractivity contribution in [1.82, 2.24) is 9.97 Å². The van der Waals surface area contributed by atoms with Crippen molar-refractivity contribution in [1.29, 1.82) is 0 Å². The molecule has 1 aliphatic rings. The van der Waals surface area contributed by atoms with Gasteiger partial charge in [-0.25, -0.2) is 9.97 Å². The fraction of sp³-hybridized carbons (Fsp3) is 0.500. The van der Waals surface area contributed by atoms with Gasteiger partial charge in [-0.05, 0) is 24.3 Å². The molecule has 3 rings (SSSR count). The Balaban J connectivity index is 1.70. The summed E-state index contributed by atoms with van der Waals surface area (Å²) >= 11 is 7.67. The Morgan fingerprint density at radius 1 is 1.39 bits per heavy atom. The molecule has 18 heavy (non-hydrogen) atoms. The van der Waals surface area contributed by atoms with E-state index in [1.807, 2.05) is 11.4 Å². The standard InChI is InChI=1S/C12H13ClN2O2S/c13-11-9-3-6-18-12(9)15-10(14-11)7-17-8-1-4-16-5-2-8/h3,6,8H,1-2,4-5,7H2. The van der Waals surface area contributed by atoms with Crippen LogP contribution in [0, 0.1) is 0 Å². The summed E-state index contributed by atoms with van der Waals surface area (Å²) in [5.41, 5.74) is 0. The molecule has 1 saturated heterocycles. The van der Waals surface area contributed by atoms with Crippen molar-refractivity contribution in [3.8, 4) is 0 Å². The molecular formula is C12H13ClN2O2S. The molecule has 1 aliphatic heterocycles. The molecule has 0 spiro atoms. The van der Waals surface area contributed by atoms with Gasteiger partial charge in [0.1, 0.15) is 16.6 Å². The average molecular weight is 285 g/mol. The first-order valence-electron chi connectivity index (χ1n) is 5.92. The van der Waals surface area contributed by atoms with E-state index in [0.29, 0.717) is 17.6 Å². The average Bonchev–Trinajstić information content (AvgIpc) is 2.86. The molecule has 0 unspecified atom stereocenters. The number of fused-ring (bicyclic) bond motifs is 1. The van der Waals surface area contributed by atoms with Crippen LogP contribution in [0.1, 0.15) is 18.7 Å². The van der Waals surface area contributed by atoms with E-state index in [1.54, 1.807) is 11.3 Å². The van der Waals surface area contributed by atoms with E-state index >= 15 is 0 Å². The van der Waals surface area contributed by atoms with E-state index in [0.717, 1.165) is 36.3 Å². The van der Waals surface area contributed by atoms with E-state index in [1.165, 1.54) is 0 Å². The largest absolute Gasteiger partial charge is 0.381 e. The van der Waals surface area contributed by atoms with Crippen LogP contribution >= 0.6 is 22.9 Å². The van der Waals surface area contributed by atoms with Crippen molar-refractivity contribution in [3.63, 3.8) is 0 Å². The number of hydrogen-bond acceptors (Lipinski definition) is 5. The van der Waals surface area contributed by atoms with Crippen molar-refractivity contribution in [2.75, 3.05) is 13.2 Å². The number of nitrogens with zero attached hydrogens (tertiary/aromatic N) is 2. The monoisotopic (exact) mass is 284 g/mol. The lowest BCUT2D eigenvalue weighted by Crippen LogP contribution is -2.23. The molecule has 2 aromatic rings. The number of halogens is 1. The van der Waals surface area contributed by atoms with Crippen LogP contribution in [0.3, 0.4) is 0 Å². The van der Waals surface area contributed by atoms with Gasteiger partial charge in [-0.15, -0.1) is 11.3 Å². The van der Waals surface area contributed by atoms with Crippen molar-refractivity contribution >= 4 is 33.2 Å². The van der Waals surface area contributed by atoms with E-state index < -0.39 is 0 Å². The highest BCUT2D eigenvalue weighted by Gasteiger charge is 2.15. The van der Waals surface area contributed by atoms with Crippen LogP contribution in [-0.4, -0.2) is 29.3 Å². The third kappa shape index (κ3) is 2.64. The van der Waals surface area contributed by atoms with Crippen LogP contribution in [0.15, 0.2) is 11.4 Å². The van der Waals surface area contributed by atoms with Crippen LogP contribution in [0.4, 0.5) is 0 Å². The Hall–Kier alpha value is -0.750. The molecule has 0 N–H and O–H groups in total. The number of thiophene rings is 1. The highest BCUT2D eigenvalue weighted by Crippen LogP contribution is 2.25. The Morgan fingerprint density at radius 2 is 2.22 bits per heavy atom. The minimum Gasteiger partial charge on any atom is -0.381 e. The molecule has 0 bridgehead atoms. The summed E-state index contributed by atoms with van der Waals surface area (Å²) in [7, 11) is 0. The predicted octanol–water partition coefficient (Wildman–Crippen LogP) is 3.04. The zero-order valence-corrected chi connectivity index (χ0v) is 11.3. The summed E-state index contributed by atoms with van der Waals surface area (Å²) in [6, 6.07) is 1.94. The van der Waals surface area contributed by atoms with Gasteiger partial charge in [-0.3, -0.25) is 0 Å². The maximum absolute atomic E-state index is 6.11. The van der Waals surface area contributed by atoms with Gasteiger partial charge < -0.3 is 9.47 Å². The van der Waals surface area contributed by atoms with Gasteiger partial charge in [-0.2, -0.15) is 0 Å². The lowest BCUT2D eigenvalue weighted by molar-refractivity contribution is -0.0408. The molecule has 0 amide bonds. The summed E-state index contributed by atoms with van der Waals surface area (Å²) < 4.78 is 11.1. The van der Waals surface area contributed by atoms with E-state index in [-0.39, 0.29) is 6.10 Å². The molecule has 0 atom stereocenters. The first kappa shape index (κ1) is 12.3. The highest BCUT2D eigenvalue weighted by molar-refractivity contribution is 7.16. The lowest BCUT2D eigenvalue weighted by Gasteiger charge is -2.21. The Kier molecular flexibility index (Phi) is 3.75. The summed E-state index contributed by atoms with van der Waals surface area (Å²) in [5, 5.41) is 3.39. The van der Waals surface area contributed by atoms with E-state index in [4.69, 9.17) is 21.1 Å². The van der Waals surface area contributed by atoms with Crippen LogP contribution in [0.2, 0.25) is 5.15 Å². The van der Waals surface area contributed by atoms with Gasteiger partial charge in [0.15, 0.2) is 5.82 Å². The van der Waals surface area contributed by atoms with Crippen molar-refractivity contribution in [2.24, 2.45) is 0 Å². The fourth-order valence-electron chi connectivity index (χ4n) is 1.96. The Bertz CT molecular complexity index is 540. The second-order valence-electron chi connectivity index (χ2n) is 4.19. The van der Waals surface area contributed by atoms with Gasteiger partial charge in [-0.1, -0.05) is 11.6 Å². The number of rotatable bonds is 3. The van der Waals surface area contributed by atoms with Crippen molar-refractivity contribution < 1.29 is 9.47 Å². The first-order chi connectivity index (χ1) is 8.83. The van der Waals surface area contributed by atoms with Gasteiger partial charge in [0.25, 0.3) is 0 Å². The fourth-order valence-corrected chi connectivity index (χ4v) is 3.05. The molecule has 1 fully saturated rings. The zero-order chi connectivity index (χ0) is 12.4. The maximum Gasteiger partial charge on any atom is 0.157 e. The molecule has 0 radical (unpaired) electrons. The smallest absolute Gasteiger partial charge is 0.157 e. The number of aromatic nitrogens is 2. The van der Waals surface area contributed by atoms with Crippen molar-refractivity contribution in [2.45, 2.75) is 25.6 Å². The summed E-state index contributed by atoms with van der Waals surface area (Å²) in [4.78, 5) is 9.63. The van der Waals surface area contributed by atoms with Crippen molar-refractivity contribution in [3.05, 3.63) is 22.4 Å². The molecule has 0 saturated carbocycles. The van der Waals surface area contributed by atoms with Gasteiger partial charge in [0.2, 0.25) is 0 Å². The molecule has 96 valence electrons. The first-order valence-corrected chi connectivity index (χ1v) is 7.17. The van der Waals surface area contributed by atoms with E-state index in [9.17, 15) is 0 Å². The summed E-state index contributed by atoms with van der Waals surface area (Å²) in [6.45, 7) is 1.96. The molecule has 4 nitrogen and oxygen atoms in total. The molecule has 0 aliphatic carbocycles. The van der Waals surface area contributed by atoms with Crippen LogP contribution < -0.4 is 0 Å². The second kappa shape index (κ2) is 5.48. The number of hydrogen-bond donors (Lipinski definition) is 0.